The molecule has 0 aliphatic carbocycles. The van der Waals surface area contributed by atoms with Gasteiger partial charge in [0, 0.05) is 12.5 Å². The van der Waals surface area contributed by atoms with Crippen LogP contribution in [0.4, 0.5) is 8.78 Å². The van der Waals surface area contributed by atoms with Crippen molar-refractivity contribution in [3.05, 3.63) is 71.8 Å². The molecule has 0 saturated heterocycles. The predicted molar refractivity (Wildman–Crippen MR) is 83.7 cm³/mol. The van der Waals surface area contributed by atoms with E-state index in [0.717, 1.165) is 5.56 Å². The summed E-state index contributed by atoms with van der Waals surface area (Å²) in [5.74, 6) is -3.20. The van der Waals surface area contributed by atoms with E-state index in [-0.39, 0.29) is 6.42 Å². The van der Waals surface area contributed by atoms with Crippen molar-refractivity contribution in [2.45, 2.75) is 37.3 Å². The average Bonchev–Trinajstić information content (AvgIpc) is 2.54. The van der Waals surface area contributed by atoms with Gasteiger partial charge in [-0.15, -0.1) is 0 Å². The molecule has 1 unspecified atom stereocenters. The number of benzene rings is 2. The number of aryl methyl sites for hydroxylation is 1. The third-order valence-electron chi connectivity index (χ3n) is 3.76. The van der Waals surface area contributed by atoms with Crippen molar-refractivity contribution in [3.63, 3.8) is 0 Å². The van der Waals surface area contributed by atoms with Gasteiger partial charge in [-0.2, -0.15) is 0 Å². The number of aliphatic hydroxyl groups is 1. The molecule has 2 atom stereocenters. The Morgan fingerprint density at radius 2 is 1.50 bits per heavy atom. The summed E-state index contributed by atoms with van der Waals surface area (Å²) >= 11 is 0. The number of rotatable bonds is 7. The van der Waals surface area contributed by atoms with Crippen LogP contribution >= 0.6 is 0 Å². The van der Waals surface area contributed by atoms with E-state index < -0.39 is 24.5 Å². The molecule has 0 aliphatic rings. The van der Waals surface area contributed by atoms with Gasteiger partial charge in [-0.3, -0.25) is 0 Å². The maximum atomic E-state index is 14.1. The van der Waals surface area contributed by atoms with E-state index >= 15 is 0 Å². The zero-order valence-corrected chi connectivity index (χ0v) is 12.3. The fourth-order valence-electron chi connectivity index (χ4n) is 2.41. The molecule has 0 fully saturated rings. The number of alkyl halides is 2. The third-order valence-corrected chi connectivity index (χ3v) is 3.76. The van der Waals surface area contributed by atoms with Crippen molar-refractivity contribution < 1.29 is 13.9 Å². The quantitative estimate of drug-likeness (QED) is 0.819. The lowest BCUT2D eigenvalue weighted by molar-refractivity contribution is -0.119. The molecule has 0 saturated carbocycles. The highest BCUT2D eigenvalue weighted by atomic mass is 19.3. The highest BCUT2D eigenvalue weighted by molar-refractivity contribution is 5.19. The Hall–Kier alpha value is -1.78. The van der Waals surface area contributed by atoms with Gasteiger partial charge in [-0.25, -0.2) is 8.78 Å². The second kappa shape index (κ2) is 7.47. The maximum Gasteiger partial charge on any atom is 0.275 e. The van der Waals surface area contributed by atoms with Crippen LogP contribution in [0.2, 0.25) is 0 Å². The Morgan fingerprint density at radius 3 is 2.09 bits per heavy atom. The first kappa shape index (κ1) is 16.6. The minimum atomic E-state index is -3.20. The first-order chi connectivity index (χ1) is 10.5. The summed E-state index contributed by atoms with van der Waals surface area (Å²) in [5.41, 5.74) is 7.42. The van der Waals surface area contributed by atoms with Crippen molar-refractivity contribution in [2.24, 2.45) is 5.73 Å². The van der Waals surface area contributed by atoms with Gasteiger partial charge in [0.15, 0.2) is 0 Å². The largest absolute Gasteiger partial charge is 0.387 e. The lowest BCUT2D eigenvalue weighted by Gasteiger charge is -2.25. The highest BCUT2D eigenvalue weighted by Crippen LogP contribution is 2.31. The van der Waals surface area contributed by atoms with Gasteiger partial charge in [0.25, 0.3) is 5.92 Å². The first-order valence-corrected chi connectivity index (χ1v) is 7.39. The molecule has 0 spiro atoms. The molecule has 2 aromatic carbocycles. The van der Waals surface area contributed by atoms with Gasteiger partial charge < -0.3 is 10.8 Å². The zero-order chi connectivity index (χ0) is 16.0. The van der Waals surface area contributed by atoms with Crippen molar-refractivity contribution in [2.75, 3.05) is 0 Å². The molecule has 4 heteroatoms. The molecule has 0 aliphatic heterocycles. The fourth-order valence-corrected chi connectivity index (χ4v) is 2.41. The van der Waals surface area contributed by atoms with Crippen LogP contribution in [0, 0.1) is 0 Å². The molecular weight excluding hydrogens is 284 g/mol. The lowest BCUT2D eigenvalue weighted by atomic mass is 9.95. The molecule has 0 heterocycles. The summed E-state index contributed by atoms with van der Waals surface area (Å²) < 4.78 is 28.3. The van der Waals surface area contributed by atoms with Crippen LogP contribution in [0.5, 0.6) is 0 Å². The number of hydrogen-bond donors (Lipinski definition) is 2. The van der Waals surface area contributed by atoms with E-state index in [1.54, 1.807) is 24.3 Å². The third kappa shape index (κ3) is 4.61. The van der Waals surface area contributed by atoms with Gasteiger partial charge in [-0.05, 0) is 24.0 Å². The SMILES string of the molecule is NC(CC(F)(F)[C@H](O)CCc1ccccc1)c1ccccc1. The monoisotopic (exact) mass is 305 g/mol. The molecule has 0 aromatic heterocycles. The van der Waals surface area contributed by atoms with Crippen molar-refractivity contribution >= 4 is 0 Å². The van der Waals surface area contributed by atoms with E-state index in [9.17, 15) is 13.9 Å². The second-order valence-corrected chi connectivity index (χ2v) is 5.52. The molecule has 118 valence electrons. The summed E-state index contributed by atoms with van der Waals surface area (Å²) in [4.78, 5) is 0. The zero-order valence-electron chi connectivity index (χ0n) is 12.3. The average molecular weight is 305 g/mol. The molecule has 0 radical (unpaired) electrons. The predicted octanol–water partition coefficient (Wildman–Crippen LogP) is 3.71. The van der Waals surface area contributed by atoms with Gasteiger partial charge in [0.05, 0.1) is 0 Å². The van der Waals surface area contributed by atoms with Gasteiger partial charge in [-0.1, -0.05) is 60.7 Å². The second-order valence-electron chi connectivity index (χ2n) is 5.52. The minimum Gasteiger partial charge on any atom is -0.387 e. The van der Waals surface area contributed by atoms with Crippen molar-refractivity contribution in [3.8, 4) is 0 Å². The summed E-state index contributed by atoms with van der Waals surface area (Å²) in [7, 11) is 0. The molecule has 2 nitrogen and oxygen atoms in total. The molecule has 2 aromatic rings. The molecule has 0 bridgehead atoms. The molecule has 22 heavy (non-hydrogen) atoms. The molecular formula is C18H21F2NO. The Bertz CT molecular complexity index is 560. The molecule has 3 N–H and O–H groups in total. The topological polar surface area (TPSA) is 46.2 Å². The Balaban J connectivity index is 1.91. The van der Waals surface area contributed by atoms with E-state index in [2.05, 4.69) is 0 Å². The number of hydrogen-bond acceptors (Lipinski definition) is 2. The molecule has 2 rings (SSSR count). The minimum absolute atomic E-state index is 0.0124. The van der Waals surface area contributed by atoms with Crippen molar-refractivity contribution in [1.29, 1.82) is 0 Å². The van der Waals surface area contributed by atoms with Crippen LogP contribution in [-0.4, -0.2) is 17.1 Å². The van der Waals surface area contributed by atoms with Crippen LogP contribution in [0.3, 0.4) is 0 Å². The summed E-state index contributed by atoms with van der Waals surface area (Å²) in [6, 6.07) is 17.3. The summed E-state index contributed by atoms with van der Waals surface area (Å²) in [5, 5.41) is 9.83. The maximum absolute atomic E-state index is 14.1. The van der Waals surface area contributed by atoms with Crippen LogP contribution in [0.15, 0.2) is 60.7 Å². The molecule has 0 amide bonds. The van der Waals surface area contributed by atoms with E-state index in [1.807, 2.05) is 36.4 Å². The van der Waals surface area contributed by atoms with Crippen LogP contribution in [-0.2, 0) is 6.42 Å². The number of aliphatic hydroxyl groups excluding tert-OH is 1. The number of halogens is 2. The normalized spacial score (nSPS) is 14.5. The lowest BCUT2D eigenvalue weighted by Crippen LogP contribution is -2.37. The van der Waals surface area contributed by atoms with Crippen molar-refractivity contribution in [1.82, 2.24) is 0 Å². The Kier molecular flexibility index (Phi) is 5.63. The summed E-state index contributed by atoms with van der Waals surface area (Å²) in [6.45, 7) is 0. The Labute approximate surface area is 129 Å². The van der Waals surface area contributed by atoms with Crippen LogP contribution < -0.4 is 5.73 Å². The summed E-state index contributed by atoms with van der Waals surface area (Å²) in [6.07, 6.45) is -1.83. The van der Waals surface area contributed by atoms with Gasteiger partial charge in [0.2, 0.25) is 0 Å². The van der Waals surface area contributed by atoms with E-state index in [0.29, 0.717) is 12.0 Å². The Morgan fingerprint density at radius 1 is 0.955 bits per heavy atom. The smallest absolute Gasteiger partial charge is 0.275 e. The highest BCUT2D eigenvalue weighted by Gasteiger charge is 2.39. The number of nitrogens with two attached hydrogens (primary N) is 1. The van der Waals surface area contributed by atoms with Crippen LogP contribution in [0.25, 0.3) is 0 Å². The van der Waals surface area contributed by atoms with Gasteiger partial charge in [0.1, 0.15) is 6.10 Å². The fraction of sp³-hybridized carbons (Fsp3) is 0.333. The standard InChI is InChI=1S/C18H21F2NO/c19-18(20,13-16(21)15-9-5-2-6-10-15)17(22)12-11-14-7-3-1-4-8-14/h1-10,16-17,22H,11-13,21H2/t16?,17-/m1/s1. The van der Waals surface area contributed by atoms with Gasteiger partial charge >= 0.3 is 0 Å². The first-order valence-electron chi connectivity index (χ1n) is 7.39. The van der Waals surface area contributed by atoms with E-state index in [4.69, 9.17) is 5.73 Å². The van der Waals surface area contributed by atoms with Crippen LogP contribution in [0.1, 0.15) is 30.0 Å². The van der Waals surface area contributed by atoms with E-state index in [1.165, 1.54) is 0 Å².